The Morgan fingerprint density at radius 3 is 2.70 bits per heavy atom. The van der Waals surface area contributed by atoms with Crippen molar-refractivity contribution in [3.63, 3.8) is 0 Å². The number of carbonyl (C=O) groups is 1. The molecule has 0 rings (SSSR count). The van der Waals surface area contributed by atoms with E-state index in [4.69, 9.17) is 4.74 Å². The minimum Gasteiger partial charge on any atom is -0.465 e. The molecular formula is C7H13IO2. The van der Waals surface area contributed by atoms with E-state index >= 15 is 0 Å². The molecule has 0 aromatic heterocycles. The molecule has 0 atom stereocenters. The summed E-state index contributed by atoms with van der Waals surface area (Å²) in [4.78, 5) is 10.5. The second kappa shape index (κ2) is 7.31. The number of halogens is 1. The highest BCUT2D eigenvalue weighted by molar-refractivity contribution is 14.1. The molecule has 0 saturated heterocycles. The highest BCUT2D eigenvalue weighted by atomic mass is 127. The van der Waals surface area contributed by atoms with E-state index in [2.05, 4.69) is 6.92 Å². The molecule has 0 aliphatic carbocycles. The normalized spacial score (nSPS) is 9.40. The molecule has 0 spiro atoms. The molecule has 2 nitrogen and oxygen atoms in total. The molecular weight excluding hydrogens is 243 g/mol. The van der Waals surface area contributed by atoms with Gasteiger partial charge in [0.05, 0.1) is 11.0 Å². The lowest BCUT2D eigenvalue weighted by atomic mass is 10.3. The van der Waals surface area contributed by atoms with Crippen molar-refractivity contribution in [1.29, 1.82) is 0 Å². The van der Waals surface area contributed by atoms with Gasteiger partial charge >= 0.3 is 5.97 Å². The van der Waals surface area contributed by atoms with Crippen LogP contribution in [0.5, 0.6) is 0 Å². The lowest BCUT2D eigenvalue weighted by molar-refractivity contribution is -0.140. The number of hydrogen-bond acceptors (Lipinski definition) is 2. The fourth-order valence-electron chi connectivity index (χ4n) is 0.577. The molecule has 0 aromatic carbocycles. The Bertz CT molecular complexity index is 93.6. The number of hydrogen-bond donors (Lipinski definition) is 0. The molecule has 0 bridgehead atoms. The molecule has 0 aliphatic heterocycles. The maximum atomic E-state index is 10.5. The Morgan fingerprint density at radius 1 is 1.50 bits per heavy atom. The molecule has 0 aromatic rings. The minimum atomic E-state index is -0.100. The zero-order chi connectivity index (χ0) is 7.82. The first-order chi connectivity index (χ1) is 4.81. The molecule has 3 heteroatoms. The number of unbranched alkanes of at least 4 members (excludes halogenated alkanes) is 2. The lowest BCUT2D eigenvalue weighted by Gasteiger charge is -1.99. The maximum absolute atomic E-state index is 10.5. The van der Waals surface area contributed by atoms with Crippen molar-refractivity contribution in [2.75, 3.05) is 11.0 Å². The maximum Gasteiger partial charge on any atom is 0.315 e. The Labute approximate surface area is 75.5 Å². The summed E-state index contributed by atoms with van der Waals surface area (Å²) in [5.41, 5.74) is 0. The third-order valence-corrected chi connectivity index (χ3v) is 1.74. The lowest BCUT2D eigenvalue weighted by Crippen LogP contribution is -2.06. The van der Waals surface area contributed by atoms with Crippen molar-refractivity contribution in [2.45, 2.75) is 26.2 Å². The van der Waals surface area contributed by atoms with Gasteiger partial charge in [0.1, 0.15) is 0 Å². The predicted octanol–water partition coefficient (Wildman–Crippen LogP) is 2.15. The van der Waals surface area contributed by atoms with Gasteiger partial charge in [0.25, 0.3) is 0 Å². The fourth-order valence-corrected chi connectivity index (χ4v) is 0.797. The van der Waals surface area contributed by atoms with Crippen LogP contribution in [-0.4, -0.2) is 17.0 Å². The summed E-state index contributed by atoms with van der Waals surface area (Å²) in [5.74, 6) is -0.100. The van der Waals surface area contributed by atoms with Crippen molar-refractivity contribution in [3.05, 3.63) is 0 Å². The Morgan fingerprint density at radius 2 is 2.20 bits per heavy atom. The molecule has 0 amide bonds. The number of alkyl halides is 1. The molecule has 0 fully saturated rings. The topological polar surface area (TPSA) is 26.3 Å². The summed E-state index contributed by atoms with van der Waals surface area (Å²) in [6, 6.07) is 0. The van der Waals surface area contributed by atoms with Gasteiger partial charge in [-0.2, -0.15) is 0 Å². The number of rotatable bonds is 5. The third kappa shape index (κ3) is 6.32. The molecule has 0 saturated carbocycles. The first-order valence-electron chi connectivity index (χ1n) is 3.52. The van der Waals surface area contributed by atoms with Crippen LogP contribution in [0.2, 0.25) is 0 Å². The molecule has 10 heavy (non-hydrogen) atoms. The van der Waals surface area contributed by atoms with Crippen molar-refractivity contribution in [2.24, 2.45) is 0 Å². The Kier molecular flexibility index (Phi) is 7.45. The van der Waals surface area contributed by atoms with Crippen LogP contribution in [0.25, 0.3) is 0 Å². The minimum absolute atomic E-state index is 0.100. The van der Waals surface area contributed by atoms with Gasteiger partial charge in [-0.15, -0.1) is 0 Å². The zero-order valence-corrected chi connectivity index (χ0v) is 8.39. The van der Waals surface area contributed by atoms with Gasteiger partial charge in [0.2, 0.25) is 0 Å². The highest BCUT2D eigenvalue weighted by Crippen LogP contribution is 1.95. The predicted molar refractivity (Wildman–Crippen MR) is 49.4 cm³/mol. The first kappa shape index (κ1) is 10.2. The first-order valence-corrected chi connectivity index (χ1v) is 5.05. The molecule has 60 valence electrons. The van der Waals surface area contributed by atoms with Crippen molar-refractivity contribution >= 4 is 28.6 Å². The van der Waals surface area contributed by atoms with E-state index in [1.165, 1.54) is 6.42 Å². The monoisotopic (exact) mass is 256 g/mol. The van der Waals surface area contributed by atoms with E-state index in [0.29, 0.717) is 11.0 Å². The van der Waals surface area contributed by atoms with Gasteiger partial charge in [-0.3, -0.25) is 4.79 Å². The quantitative estimate of drug-likeness (QED) is 0.326. The SMILES string of the molecule is CCCCCOC(=O)CI. The van der Waals surface area contributed by atoms with Gasteiger partial charge in [-0.25, -0.2) is 0 Å². The molecule has 0 N–H and O–H groups in total. The number of ether oxygens (including phenoxy) is 1. The average molecular weight is 256 g/mol. The van der Waals surface area contributed by atoms with Crippen LogP contribution >= 0.6 is 22.6 Å². The highest BCUT2D eigenvalue weighted by Gasteiger charge is 1.96. The fraction of sp³-hybridized carbons (Fsp3) is 0.857. The number of carbonyl (C=O) groups excluding carboxylic acids is 1. The van der Waals surface area contributed by atoms with E-state index in [-0.39, 0.29) is 5.97 Å². The van der Waals surface area contributed by atoms with Crippen molar-refractivity contribution in [3.8, 4) is 0 Å². The van der Waals surface area contributed by atoms with Crippen molar-refractivity contribution in [1.82, 2.24) is 0 Å². The van der Waals surface area contributed by atoms with Gasteiger partial charge in [0.15, 0.2) is 0 Å². The largest absolute Gasteiger partial charge is 0.465 e. The van der Waals surface area contributed by atoms with Gasteiger partial charge in [0, 0.05) is 0 Å². The second-order valence-corrected chi connectivity index (χ2v) is 2.82. The standard InChI is InChI=1S/C7H13IO2/c1-2-3-4-5-10-7(9)6-8/h2-6H2,1H3. The summed E-state index contributed by atoms with van der Waals surface area (Å²) in [7, 11) is 0. The van der Waals surface area contributed by atoms with Crippen LogP contribution in [0.15, 0.2) is 0 Å². The summed E-state index contributed by atoms with van der Waals surface area (Å²) in [5, 5.41) is 0. The smallest absolute Gasteiger partial charge is 0.315 e. The summed E-state index contributed by atoms with van der Waals surface area (Å²) in [6.07, 6.45) is 3.31. The van der Waals surface area contributed by atoms with E-state index in [0.717, 1.165) is 12.8 Å². The second-order valence-electron chi connectivity index (χ2n) is 2.06. The van der Waals surface area contributed by atoms with E-state index in [1.807, 2.05) is 22.6 Å². The Balaban J connectivity index is 2.96. The van der Waals surface area contributed by atoms with E-state index in [1.54, 1.807) is 0 Å². The van der Waals surface area contributed by atoms with Gasteiger partial charge < -0.3 is 4.74 Å². The van der Waals surface area contributed by atoms with Crippen LogP contribution in [-0.2, 0) is 9.53 Å². The molecule has 0 aliphatic rings. The van der Waals surface area contributed by atoms with Gasteiger partial charge in [-0.1, -0.05) is 42.4 Å². The zero-order valence-electron chi connectivity index (χ0n) is 6.23. The average Bonchev–Trinajstić information content (AvgIpc) is 1.98. The molecule has 0 heterocycles. The summed E-state index contributed by atoms with van der Waals surface area (Å²) in [6.45, 7) is 2.72. The van der Waals surface area contributed by atoms with Crippen molar-refractivity contribution < 1.29 is 9.53 Å². The van der Waals surface area contributed by atoms with Crippen LogP contribution in [0.1, 0.15) is 26.2 Å². The van der Waals surface area contributed by atoms with E-state index in [9.17, 15) is 4.79 Å². The van der Waals surface area contributed by atoms with Crippen LogP contribution in [0, 0.1) is 0 Å². The van der Waals surface area contributed by atoms with Crippen LogP contribution < -0.4 is 0 Å². The van der Waals surface area contributed by atoms with E-state index < -0.39 is 0 Å². The number of esters is 1. The molecule has 0 radical (unpaired) electrons. The third-order valence-electron chi connectivity index (χ3n) is 1.12. The summed E-state index contributed by atoms with van der Waals surface area (Å²) >= 11 is 2.00. The Hall–Kier alpha value is 0.200. The van der Waals surface area contributed by atoms with Crippen LogP contribution in [0.4, 0.5) is 0 Å². The van der Waals surface area contributed by atoms with Crippen LogP contribution in [0.3, 0.4) is 0 Å². The molecule has 0 unspecified atom stereocenters. The van der Waals surface area contributed by atoms with Gasteiger partial charge in [-0.05, 0) is 6.42 Å². The summed E-state index contributed by atoms with van der Waals surface area (Å²) < 4.78 is 5.31.